The van der Waals surface area contributed by atoms with Gasteiger partial charge in [-0.1, -0.05) is 12.1 Å². The first-order chi connectivity index (χ1) is 13.4. The Hall–Kier alpha value is -3.06. The summed E-state index contributed by atoms with van der Waals surface area (Å²) in [7, 11) is 1.46. The Morgan fingerprint density at radius 3 is 1.71 bits per heavy atom. The first-order valence-corrected chi connectivity index (χ1v) is 10.3. The molecule has 0 aliphatic heterocycles. The van der Waals surface area contributed by atoms with Crippen LogP contribution in [0.15, 0.2) is 59.8 Å². The van der Waals surface area contributed by atoms with Crippen molar-refractivity contribution in [2.24, 2.45) is 0 Å². The molecule has 6 nitrogen and oxygen atoms in total. The van der Waals surface area contributed by atoms with Crippen molar-refractivity contribution < 1.29 is 22.6 Å². The Morgan fingerprint density at radius 1 is 0.714 bits per heavy atom. The summed E-state index contributed by atoms with van der Waals surface area (Å²) in [5, 5.41) is 0. The lowest BCUT2D eigenvalue weighted by Crippen LogP contribution is -1.96. The SMILES string of the molecule is COc1cc(-c2cncc(-c3ccc(S(C)(=O)=O)cc3)c2)cc(OC)c1OC. The van der Waals surface area contributed by atoms with E-state index in [4.69, 9.17) is 14.2 Å². The van der Waals surface area contributed by atoms with Crippen LogP contribution in [-0.4, -0.2) is 41.0 Å². The number of rotatable bonds is 6. The van der Waals surface area contributed by atoms with Crippen LogP contribution in [0.1, 0.15) is 0 Å². The van der Waals surface area contributed by atoms with E-state index in [2.05, 4.69) is 4.98 Å². The summed E-state index contributed by atoms with van der Waals surface area (Å²) in [5.74, 6) is 1.63. The number of pyridine rings is 1. The summed E-state index contributed by atoms with van der Waals surface area (Å²) >= 11 is 0. The molecule has 7 heteroatoms. The molecule has 0 spiro atoms. The summed E-state index contributed by atoms with van der Waals surface area (Å²) in [6.45, 7) is 0. The van der Waals surface area contributed by atoms with Gasteiger partial charge >= 0.3 is 0 Å². The van der Waals surface area contributed by atoms with Gasteiger partial charge in [-0.2, -0.15) is 0 Å². The highest BCUT2D eigenvalue weighted by Crippen LogP contribution is 2.41. The molecule has 0 atom stereocenters. The molecule has 0 saturated carbocycles. The summed E-state index contributed by atoms with van der Waals surface area (Å²) < 4.78 is 39.5. The first kappa shape index (κ1) is 19.7. The number of sulfone groups is 1. The van der Waals surface area contributed by atoms with E-state index in [0.717, 1.165) is 22.3 Å². The summed E-state index contributed by atoms with van der Waals surface area (Å²) in [6, 6.07) is 12.4. The minimum absolute atomic E-state index is 0.282. The molecule has 0 amide bonds. The van der Waals surface area contributed by atoms with E-state index in [0.29, 0.717) is 17.2 Å². The van der Waals surface area contributed by atoms with Crippen LogP contribution in [0.25, 0.3) is 22.3 Å². The maximum absolute atomic E-state index is 11.6. The van der Waals surface area contributed by atoms with Crippen molar-refractivity contribution in [3.63, 3.8) is 0 Å². The second kappa shape index (κ2) is 7.90. The Morgan fingerprint density at radius 2 is 1.25 bits per heavy atom. The van der Waals surface area contributed by atoms with Gasteiger partial charge in [0, 0.05) is 29.8 Å². The number of hydrogen-bond donors (Lipinski definition) is 0. The van der Waals surface area contributed by atoms with Crippen molar-refractivity contribution in [3.8, 4) is 39.5 Å². The third kappa shape index (κ3) is 3.94. The van der Waals surface area contributed by atoms with Crippen LogP contribution in [0.5, 0.6) is 17.2 Å². The summed E-state index contributed by atoms with van der Waals surface area (Å²) in [6.07, 6.45) is 4.67. The van der Waals surface area contributed by atoms with Gasteiger partial charge in [0.2, 0.25) is 5.75 Å². The molecule has 1 heterocycles. The van der Waals surface area contributed by atoms with Crippen LogP contribution in [0, 0.1) is 0 Å². The van der Waals surface area contributed by atoms with Crippen LogP contribution in [0.3, 0.4) is 0 Å². The Kier molecular flexibility index (Phi) is 5.56. The van der Waals surface area contributed by atoms with E-state index in [1.165, 1.54) is 6.26 Å². The molecule has 0 unspecified atom stereocenters. The molecule has 0 aliphatic rings. The van der Waals surface area contributed by atoms with Gasteiger partial charge in [0.15, 0.2) is 21.3 Å². The Balaban J connectivity index is 2.04. The van der Waals surface area contributed by atoms with E-state index < -0.39 is 9.84 Å². The maximum Gasteiger partial charge on any atom is 0.203 e. The number of benzene rings is 2. The first-order valence-electron chi connectivity index (χ1n) is 8.43. The molecule has 0 saturated heterocycles. The minimum Gasteiger partial charge on any atom is -0.493 e. The number of nitrogens with zero attached hydrogens (tertiary/aromatic N) is 1. The van der Waals surface area contributed by atoms with Gasteiger partial charge in [0.05, 0.1) is 26.2 Å². The average Bonchev–Trinajstić information content (AvgIpc) is 2.72. The average molecular weight is 399 g/mol. The van der Waals surface area contributed by atoms with Crippen molar-refractivity contribution in [2.45, 2.75) is 4.90 Å². The lowest BCUT2D eigenvalue weighted by atomic mass is 10.0. The molecule has 0 N–H and O–H groups in total. The molecule has 0 fully saturated rings. The van der Waals surface area contributed by atoms with Gasteiger partial charge in [-0.15, -0.1) is 0 Å². The van der Waals surface area contributed by atoms with Gasteiger partial charge < -0.3 is 14.2 Å². The van der Waals surface area contributed by atoms with E-state index in [1.54, 1.807) is 58.0 Å². The predicted molar refractivity (Wildman–Crippen MR) is 108 cm³/mol. The molecule has 3 rings (SSSR count). The molecule has 1 aromatic heterocycles. The van der Waals surface area contributed by atoms with Crippen LogP contribution in [-0.2, 0) is 9.84 Å². The molecular formula is C21H21NO5S. The fourth-order valence-electron chi connectivity index (χ4n) is 2.90. The number of methoxy groups -OCH3 is 3. The lowest BCUT2D eigenvalue weighted by molar-refractivity contribution is 0.324. The highest BCUT2D eigenvalue weighted by atomic mass is 32.2. The predicted octanol–water partition coefficient (Wildman–Crippen LogP) is 3.84. The summed E-state index contributed by atoms with van der Waals surface area (Å²) in [5.41, 5.74) is 3.46. The molecule has 0 radical (unpaired) electrons. The zero-order valence-corrected chi connectivity index (χ0v) is 16.9. The smallest absolute Gasteiger partial charge is 0.203 e. The van der Waals surface area contributed by atoms with Gasteiger partial charge in [0.25, 0.3) is 0 Å². The lowest BCUT2D eigenvalue weighted by Gasteiger charge is -2.14. The van der Waals surface area contributed by atoms with Crippen molar-refractivity contribution in [1.82, 2.24) is 4.98 Å². The monoisotopic (exact) mass is 399 g/mol. The standard InChI is InChI=1S/C21H21NO5S/c1-25-19-10-15(11-20(26-2)21(19)27-3)17-9-16(12-22-13-17)14-5-7-18(8-6-14)28(4,23)24/h5-13H,1-4H3. The Labute approximate surface area is 164 Å². The van der Waals surface area contributed by atoms with E-state index in [-0.39, 0.29) is 4.90 Å². The highest BCUT2D eigenvalue weighted by Gasteiger charge is 2.15. The van der Waals surface area contributed by atoms with Gasteiger partial charge in [0.1, 0.15) is 0 Å². The van der Waals surface area contributed by atoms with E-state index in [1.807, 2.05) is 18.2 Å². The highest BCUT2D eigenvalue weighted by molar-refractivity contribution is 7.90. The van der Waals surface area contributed by atoms with Crippen LogP contribution in [0.2, 0.25) is 0 Å². The number of aromatic nitrogens is 1. The third-order valence-corrected chi connectivity index (χ3v) is 5.48. The van der Waals surface area contributed by atoms with E-state index >= 15 is 0 Å². The maximum atomic E-state index is 11.6. The Bertz CT molecular complexity index is 1070. The van der Waals surface area contributed by atoms with Crippen LogP contribution >= 0.6 is 0 Å². The molecular weight excluding hydrogens is 378 g/mol. The van der Waals surface area contributed by atoms with Crippen molar-refractivity contribution in [3.05, 3.63) is 54.9 Å². The molecule has 0 bridgehead atoms. The molecule has 0 aliphatic carbocycles. The topological polar surface area (TPSA) is 74.7 Å². The fraction of sp³-hybridized carbons (Fsp3) is 0.190. The van der Waals surface area contributed by atoms with Gasteiger partial charge in [-0.25, -0.2) is 8.42 Å². The zero-order valence-electron chi connectivity index (χ0n) is 16.1. The number of hydrogen-bond acceptors (Lipinski definition) is 6. The third-order valence-electron chi connectivity index (χ3n) is 4.35. The van der Waals surface area contributed by atoms with Crippen LogP contribution < -0.4 is 14.2 Å². The van der Waals surface area contributed by atoms with Gasteiger partial charge in [-0.05, 0) is 41.5 Å². The molecule has 28 heavy (non-hydrogen) atoms. The molecule has 2 aromatic carbocycles. The van der Waals surface area contributed by atoms with E-state index in [9.17, 15) is 8.42 Å². The van der Waals surface area contributed by atoms with Crippen molar-refractivity contribution in [2.75, 3.05) is 27.6 Å². The van der Waals surface area contributed by atoms with Crippen molar-refractivity contribution in [1.29, 1.82) is 0 Å². The molecule has 146 valence electrons. The number of ether oxygens (including phenoxy) is 3. The van der Waals surface area contributed by atoms with Crippen molar-refractivity contribution >= 4 is 9.84 Å². The minimum atomic E-state index is -3.23. The second-order valence-electron chi connectivity index (χ2n) is 6.17. The fourth-order valence-corrected chi connectivity index (χ4v) is 3.53. The molecule has 3 aromatic rings. The second-order valence-corrected chi connectivity index (χ2v) is 8.19. The quantitative estimate of drug-likeness (QED) is 0.627. The normalized spacial score (nSPS) is 11.1. The zero-order chi connectivity index (χ0) is 20.3. The van der Waals surface area contributed by atoms with Gasteiger partial charge in [-0.3, -0.25) is 4.98 Å². The van der Waals surface area contributed by atoms with Crippen LogP contribution in [0.4, 0.5) is 0 Å². The largest absolute Gasteiger partial charge is 0.493 e. The summed E-state index contributed by atoms with van der Waals surface area (Å²) in [4.78, 5) is 4.61.